The first-order valence-corrected chi connectivity index (χ1v) is 11.0. The van der Waals surface area contributed by atoms with Crippen LogP contribution in [0.15, 0.2) is 40.9 Å². The zero-order chi connectivity index (χ0) is 19.8. The molecule has 0 unspecified atom stereocenters. The lowest BCUT2D eigenvalue weighted by Crippen LogP contribution is -2.33. The second-order valence-corrected chi connectivity index (χ2v) is 8.29. The summed E-state index contributed by atoms with van der Waals surface area (Å²) >= 11 is 3.68. The summed E-state index contributed by atoms with van der Waals surface area (Å²) in [4.78, 5) is 0. The van der Waals surface area contributed by atoms with Crippen LogP contribution in [-0.4, -0.2) is 26.2 Å². The van der Waals surface area contributed by atoms with E-state index in [4.69, 9.17) is 9.47 Å². The smallest absolute Gasteiger partial charge is 0.175 e. The summed E-state index contributed by atoms with van der Waals surface area (Å²) in [6, 6.07) is 12.6. The zero-order valence-corrected chi connectivity index (χ0v) is 18.5. The number of nitrogens with one attached hydrogen (secondary N) is 2. The van der Waals surface area contributed by atoms with Gasteiger partial charge >= 0.3 is 0 Å². The first-order chi connectivity index (χ1) is 13.7. The Morgan fingerprint density at radius 3 is 2.54 bits per heavy atom. The number of halogens is 1. The second kappa shape index (κ2) is 10.8. The molecule has 1 aliphatic heterocycles. The van der Waals surface area contributed by atoms with Crippen LogP contribution in [0.4, 0.5) is 0 Å². The molecule has 152 valence electrons. The number of piperidine rings is 1. The van der Waals surface area contributed by atoms with Crippen molar-refractivity contribution in [3.63, 3.8) is 0 Å². The van der Waals surface area contributed by atoms with Gasteiger partial charge in [-0.1, -0.05) is 29.8 Å². The van der Waals surface area contributed by atoms with E-state index in [1.807, 2.05) is 6.92 Å². The standard InChI is InChI=1S/C23H31BrN2O2/c1-3-27-22-13-20(15-26-14-18-8-10-25-11-9-18)12-21(24)23(22)28-16-19-6-4-17(2)5-7-19/h4-7,12-13,18,25-26H,3,8-11,14-16H2,1-2H3. The fourth-order valence-electron chi connectivity index (χ4n) is 3.47. The number of aryl methyl sites for hydroxylation is 1. The minimum atomic E-state index is 0.520. The van der Waals surface area contributed by atoms with Gasteiger partial charge in [0.05, 0.1) is 11.1 Å². The maximum atomic E-state index is 6.10. The van der Waals surface area contributed by atoms with Crippen molar-refractivity contribution in [2.24, 2.45) is 5.92 Å². The summed E-state index contributed by atoms with van der Waals surface area (Å²) in [5.41, 5.74) is 3.60. The first kappa shape index (κ1) is 21.2. The van der Waals surface area contributed by atoms with Crippen LogP contribution in [0.2, 0.25) is 0 Å². The summed E-state index contributed by atoms with van der Waals surface area (Å²) in [7, 11) is 0. The van der Waals surface area contributed by atoms with E-state index in [9.17, 15) is 0 Å². The Morgan fingerprint density at radius 1 is 1.07 bits per heavy atom. The number of ether oxygens (including phenoxy) is 2. The highest BCUT2D eigenvalue weighted by molar-refractivity contribution is 9.10. The van der Waals surface area contributed by atoms with Crippen molar-refractivity contribution in [3.05, 3.63) is 57.6 Å². The quantitative estimate of drug-likeness (QED) is 0.578. The van der Waals surface area contributed by atoms with Crippen molar-refractivity contribution in [1.29, 1.82) is 0 Å². The highest BCUT2D eigenvalue weighted by atomic mass is 79.9. The lowest BCUT2D eigenvalue weighted by Gasteiger charge is -2.23. The van der Waals surface area contributed by atoms with Crippen LogP contribution in [0.3, 0.4) is 0 Å². The summed E-state index contributed by atoms with van der Waals surface area (Å²) in [6.07, 6.45) is 2.51. The normalized spacial score (nSPS) is 14.8. The molecule has 1 fully saturated rings. The Labute approximate surface area is 177 Å². The predicted octanol–water partition coefficient (Wildman–Crippen LogP) is 4.82. The van der Waals surface area contributed by atoms with E-state index in [0.29, 0.717) is 13.2 Å². The molecule has 0 spiro atoms. The van der Waals surface area contributed by atoms with E-state index in [0.717, 1.165) is 53.6 Å². The Morgan fingerprint density at radius 2 is 1.82 bits per heavy atom. The van der Waals surface area contributed by atoms with Gasteiger partial charge in [-0.15, -0.1) is 0 Å². The summed E-state index contributed by atoms with van der Waals surface area (Å²) in [6.45, 7) is 9.40. The maximum absolute atomic E-state index is 6.10. The first-order valence-electron chi connectivity index (χ1n) is 10.2. The molecule has 2 N–H and O–H groups in total. The van der Waals surface area contributed by atoms with Crippen molar-refractivity contribution >= 4 is 15.9 Å². The van der Waals surface area contributed by atoms with Crippen LogP contribution in [0.1, 0.15) is 36.5 Å². The largest absolute Gasteiger partial charge is 0.490 e. The van der Waals surface area contributed by atoms with E-state index in [1.54, 1.807) is 0 Å². The van der Waals surface area contributed by atoms with Crippen molar-refractivity contribution < 1.29 is 9.47 Å². The van der Waals surface area contributed by atoms with Gasteiger partial charge < -0.3 is 20.1 Å². The van der Waals surface area contributed by atoms with Crippen LogP contribution < -0.4 is 20.1 Å². The van der Waals surface area contributed by atoms with E-state index in [2.05, 4.69) is 69.9 Å². The molecule has 0 saturated carbocycles. The van der Waals surface area contributed by atoms with Gasteiger partial charge in [0.25, 0.3) is 0 Å². The number of rotatable bonds is 9. The SMILES string of the molecule is CCOc1cc(CNCC2CCNCC2)cc(Br)c1OCc1ccc(C)cc1. The van der Waals surface area contributed by atoms with Crippen molar-refractivity contribution in [2.45, 2.75) is 39.8 Å². The van der Waals surface area contributed by atoms with Crippen molar-refractivity contribution in [2.75, 3.05) is 26.2 Å². The molecular formula is C23H31BrN2O2. The van der Waals surface area contributed by atoms with Gasteiger partial charge in [-0.3, -0.25) is 0 Å². The van der Waals surface area contributed by atoms with Crippen molar-refractivity contribution in [1.82, 2.24) is 10.6 Å². The second-order valence-electron chi connectivity index (χ2n) is 7.44. The van der Waals surface area contributed by atoms with Crippen LogP contribution in [0.25, 0.3) is 0 Å². The minimum Gasteiger partial charge on any atom is -0.490 e. The fraction of sp³-hybridized carbons (Fsp3) is 0.478. The molecule has 1 heterocycles. The topological polar surface area (TPSA) is 42.5 Å². The zero-order valence-electron chi connectivity index (χ0n) is 16.9. The third-order valence-electron chi connectivity index (χ3n) is 5.09. The molecule has 2 aromatic rings. The number of hydrogen-bond donors (Lipinski definition) is 2. The third kappa shape index (κ3) is 6.23. The molecule has 0 aromatic heterocycles. The summed E-state index contributed by atoms with van der Waals surface area (Å²) in [5.74, 6) is 2.33. The monoisotopic (exact) mass is 446 g/mol. The van der Waals surface area contributed by atoms with E-state index in [-0.39, 0.29) is 0 Å². The average Bonchev–Trinajstić information content (AvgIpc) is 2.70. The number of benzene rings is 2. The molecular weight excluding hydrogens is 416 g/mol. The van der Waals surface area contributed by atoms with Crippen LogP contribution in [0, 0.1) is 12.8 Å². The molecule has 5 heteroatoms. The fourth-order valence-corrected chi connectivity index (χ4v) is 4.08. The molecule has 28 heavy (non-hydrogen) atoms. The van der Waals surface area contributed by atoms with Gasteiger partial charge in [0.15, 0.2) is 11.5 Å². The molecule has 3 rings (SSSR count). The lowest BCUT2D eigenvalue weighted by atomic mass is 9.98. The molecule has 2 aromatic carbocycles. The molecule has 4 nitrogen and oxygen atoms in total. The van der Waals surface area contributed by atoms with Crippen molar-refractivity contribution in [3.8, 4) is 11.5 Å². The van der Waals surface area contributed by atoms with Gasteiger partial charge in [-0.25, -0.2) is 0 Å². The summed E-state index contributed by atoms with van der Waals surface area (Å²) in [5, 5.41) is 7.03. The van der Waals surface area contributed by atoms with Gasteiger partial charge in [0.2, 0.25) is 0 Å². The third-order valence-corrected chi connectivity index (χ3v) is 5.68. The van der Waals surface area contributed by atoms with Gasteiger partial charge in [0, 0.05) is 6.54 Å². The highest BCUT2D eigenvalue weighted by Gasteiger charge is 2.15. The molecule has 0 amide bonds. The van der Waals surface area contributed by atoms with Crippen LogP contribution >= 0.6 is 15.9 Å². The van der Waals surface area contributed by atoms with Crippen LogP contribution in [-0.2, 0) is 13.2 Å². The average molecular weight is 447 g/mol. The van der Waals surface area contributed by atoms with E-state index >= 15 is 0 Å². The molecule has 0 bridgehead atoms. The summed E-state index contributed by atoms with van der Waals surface area (Å²) < 4.78 is 12.9. The molecule has 1 aliphatic rings. The molecule has 1 saturated heterocycles. The predicted molar refractivity (Wildman–Crippen MR) is 118 cm³/mol. The van der Waals surface area contributed by atoms with Gasteiger partial charge in [-0.2, -0.15) is 0 Å². The van der Waals surface area contributed by atoms with E-state index in [1.165, 1.54) is 24.0 Å². The van der Waals surface area contributed by atoms with E-state index < -0.39 is 0 Å². The van der Waals surface area contributed by atoms with Crippen LogP contribution in [0.5, 0.6) is 11.5 Å². The molecule has 0 atom stereocenters. The Kier molecular flexibility index (Phi) is 8.19. The highest BCUT2D eigenvalue weighted by Crippen LogP contribution is 2.37. The molecule has 0 radical (unpaired) electrons. The number of hydrogen-bond acceptors (Lipinski definition) is 4. The Bertz CT molecular complexity index is 743. The molecule has 0 aliphatic carbocycles. The lowest BCUT2D eigenvalue weighted by molar-refractivity contribution is 0.267. The minimum absolute atomic E-state index is 0.520. The maximum Gasteiger partial charge on any atom is 0.175 e. The van der Waals surface area contributed by atoms with Gasteiger partial charge in [-0.05, 0) is 91.4 Å². The Balaban J connectivity index is 1.62. The Hall–Kier alpha value is -1.56. The van der Waals surface area contributed by atoms with Gasteiger partial charge in [0.1, 0.15) is 6.61 Å².